The Kier molecular flexibility index (Phi) is 3.13. The predicted molar refractivity (Wildman–Crippen MR) is 74.0 cm³/mol. The molecule has 2 nitrogen and oxygen atoms in total. The van der Waals surface area contributed by atoms with Crippen molar-refractivity contribution in [2.24, 2.45) is 0 Å². The van der Waals surface area contributed by atoms with Gasteiger partial charge in [-0.15, -0.1) is 0 Å². The Labute approximate surface area is 114 Å². The molecular weight excluding hydrogens is 265 g/mol. The van der Waals surface area contributed by atoms with Crippen molar-refractivity contribution in [3.8, 4) is 5.75 Å². The lowest BCUT2D eigenvalue weighted by atomic mass is 10.2. The molecule has 0 aliphatic carbocycles. The van der Waals surface area contributed by atoms with Crippen LogP contribution in [0.1, 0.15) is 5.56 Å². The monoisotopic (exact) mass is 275 g/mol. The molecular formula is C15H11ClFNO. The van der Waals surface area contributed by atoms with E-state index in [-0.39, 0.29) is 5.82 Å². The van der Waals surface area contributed by atoms with E-state index in [0.717, 1.165) is 10.9 Å². The summed E-state index contributed by atoms with van der Waals surface area (Å²) in [6.07, 6.45) is 1.75. The summed E-state index contributed by atoms with van der Waals surface area (Å²) in [5, 5.41) is 1.39. The maximum absolute atomic E-state index is 13.5. The minimum absolute atomic E-state index is 0.263. The smallest absolute Gasteiger partial charge is 0.147 e. The summed E-state index contributed by atoms with van der Waals surface area (Å²) >= 11 is 6.02. The summed E-state index contributed by atoms with van der Waals surface area (Å²) in [5.41, 5.74) is 1.40. The predicted octanol–water partition coefficient (Wildman–Crippen LogP) is 4.54. The summed E-state index contributed by atoms with van der Waals surface area (Å²) in [5.74, 6) is 0.358. The molecule has 3 rings (SSSR count). The third kappa shape index (κ3) is 2.29. The van der Waals surface area contributed by atoms with E-state index in [0.29, 0.717) is 22.9 Å². The highest BCUT2D eigenvalue weighted by Crippen LogP contribution is 2.26. The number of hydrogen-bond acceptors (Lipinski definition) is 1. The zero-order valence-corrected chi connectivity index (χ0v) is 10.7. The fourth-order valence-corrected chi connectivity index (χ4v) is 2.20. The molecule has 3 aromatic rings. The molecule has 0 saturated heterocycles. The quantitative estimate of drug-likeness (QED) is 0.746. The van der Waals surface area contributed by atoms with Crippen molar-refractivity contribution < 1.29 is 9.13 Å². The van der Waals surface area contributed by atoms with Crippen molar-refractivity contribution in [1.29, 1.82) is 0 Å². The lowest BCUT2D eigenvalue weighted by Gasteiger charge is -2.06. The minimum Gasteiger partial charge on any atom is -0.487 e. The zero-order valence-electron chi connectivity index (χ0n) is 9.99. The highest BCUT2D eigenvalue weighted by molar-refractivity contribution is 6.32. The number of H-pyrrole nitrogens is 1. The molecule has 0 aliphatic rings. The number of halogens is 2. The molecule has 0 spiro atoms. The average molecular weight is 276 g/mol. The summed E-state index contributed by atoms with van der Waals surface area (Å²) in [6, 6.07) is 12.2. The van der Waals surface area contributed by atoms with Gasteiger partial charge in [-0.1, -0.05) is 35.9 Å². The van der Waals surface area contributed by atoms with Gasteiger partial charge in [-0.2, -0.15) is 0 Å². The highest BCUT2D eigenvalue weighted by Gasteiger charge is 2.08. The van der Waals surface area contributed by atoms with Gasteiger partial charge in [0.25, 0.3) is 0 Å². The van der Waals surface area contributed by atoms with Gasteiger partial charge in [0.2, 0.25) is 0 Å². The molecule has 0 bridgehead atoms. The lowest BCUT2D eigenvalue weighted by Crippen LogP contribution is -1.94. The van der Waals surface area contributed by atoms with Gasteiger partial charge in [0.1, 0.15) is 18.2 Å². The molecule has 19 heavy (non-hydrogen) atoms. The Morgan fingerprint density at radius 2 is 1.95 bits per heavy atom. The van der Waals surface area contributed by atoms with Gasteiger partial charge in [-0.3, -0.25) is 0 Å². The first-order valence-corrected chi connectivity index (χ1v) is 6.25. The molecule has 0 unspecified atom stereocenters. The van der Waals surface area contributed by atoms with E-state index in [4.69, 9.17) is 16.3 Å². The maximum Gasteiger partial charge on any atom is 0.147 e. The molecule has 4 heteroatoms. The van der Waals surface area contributed by atoms with Crippen LogP contribution in [0.4, 0.5) is 4.39 Å². The van der Waals surface area contributed by atoms with Crippen LogP contribution in [0.15, 0.2) is 48.7 Å². The number of hydrogen-bond donors (Lipinski definition) is 1. The van der Waals surface area contributed by atoms with Crippen LogP contribution in [0, 0.1) is 5.82 Å². The molecule has 2 aromatic carbocycles. The topological polar surface area (TPSA) is 25.0 Å². The normalized spacial score (nSPS) is 10.8. The lowest BCUT2D eigenvalue weighted by molar-refractivity contribution is 0.308. The van der Waals surface area contributed by atoms with E-state index in [1.54, 1.807) is 24.4 Å². The Hall–Kier alpha value is -2.00. The van der Waals surface area contributed by atoms with Crippen LogP contribution in [0.3, 0.4) is 0 Å². The largest absolute Gasteiger partial charge is 0.487 e. The van der Waals surface area contributed by atoms with Crippen molar-refractivity contribution >= 4 is 22.5 Å². The Morgan fingerprint density at radius 3 is 2.79 bits per heavy atom. The van der Waals surface area contributed by atoms with E-state index in [1.165, 1.54) is 6.07 Å². The second kappa shape index (κ2) is 4.94. The summed E-state index contributed by atoms with van der Waals surface area (Å²) in [7, 11) is 0. The fourth-order valence-electron chi connectivity index (χ4n) is 2.01. The first-order valence-electron chi connectivity index (χ1n) is 5.87. The van der Waals surface area contributed by atoms with Crippen molar-refractivity contribution in [1.82, 2.24) is 4.98 Å². The molecule has 0 saturated carbocycles. The number of ether oxygens (including phenoxy) is 1. The van der Waals surface area contributed by atoms with Crippen molar-refractivity contribution in [3.63, 3.8) is 0 Å². The summed E-state index contributed by atoms with van der Waals surface area (Å²) < 4.78 is 19.2. The van der Waals surface area contributed by atoms with Crippen molar-refractivity contribution in [2.45, 2.75) is 6.61 Å². The van der Waals surface area contributed by atoms with E-state index in [9.17, 15) is 4.39 Å². The van der Waals surface area contributed by atoms with Crippen LogP contribution < -0.4 is 4.74 Å². The van der Waals surface area contributed by atoms with Gasteiger partial charge in [0.05, 0.1) is 10.5 Å². The van der Waals surface area contributed by atoms with Crippen molar-refractivity contribution in [3.05, 3.63) is 65.1 Å². The third-order valence-corrected chi connectivity index (χ3v) is 3.28. The Balaban J connectivity index is 1.87. The van der Waals surface area contributed by atoms with Crippen LogP contribution in [0.25, 0.3) is 10.9 Å². The van der Waals surface area contributed by atoms with E-state index in [2.05, 4.69) is 4.98 Å². The van der Waals surface area contributed by atoms with Crippen LogP contribution in [0.2, 0.25) is 5.02 Å². The molecule has 0 atom stereocenters. The minimum atomic E-state index is -0.263. The first kappa shape index (κ1) is 12.1. The molecule has 96 valence electrons. The number of aromatic nitrogens is 1. The third-order valence-electron chi connectivity index (χ3n) is 2.97. The van der Waals surface area contributed by atoms with Gasteiger partial charge in [0.15, 0.2) is 0 Å². The molecule has 1 N–H and O–H groups in total. The molecule has 0 amide bonds. The standard InChI is InChI=1S/C15H11ClFNO/c16-12-5-1-2-7-14(12)19-9-10-8-18-15-11(10)4-3-6-13(15)17/h1-8,18H,9H2. The molecule has 0 fully saturated rings. The number of benzene rings is 2. The van der Waals surface area contributed by atoms with E-state index < -0.39 is 0 Å². The van der Waals surface area contributed by atoms with Gasteiger partial charge in [0, 0.05) is 17.1 Å². The van der Waals surface area contributed by atoms with Gasteiger partial charge in [-0.25, -0.2) is 4.39 Å². The number of para-hydroxylation sites is 2. The fraction of sp³-hybridized carbons (Fsp3) is 0.0667. The number of nitrogens with one attached hydrogen (secondary N) is 1. The number of rotatable bonds is 3. The zero-order chi connectivity index (χ0) is 13.2. The average Bonchev–Trinajstić information content (AvgIpc) is 2.83. The SMILES string of the molecule is Fc1cccc2c(COc3ccccc3Cl)c[nH]c12. The highest BCUT2D eigenvalue weighted by atomic mass is 35.5. The van der Waals surface area contributed by atoms with Crippen LogP contribution in [0.5, 0.6) is 5.75 Å². The maximum atomic E-state index is 13.5. The van der Waals surface area contributed by atoms with Crippen LogP contribution in [-0.2, 0) is 6.61 Å². The summed E-state index contributed by atoms with van der Waals surface area (Å²) in [6.45, 7) is 0.340. The second-order valence-electron chi connectivity index (χ2n) is 4.20. The Morgan fingerprint density at radius 1 is 1.11 bits per heavy atom. The molecule has 1 heterocycles. The Bertz CT molecular complexity index is 723. The van der Waals surface area contributed by atoms with E-state index in [1.807, 2.05) is 18.2 Å². The first-order chi connectivity index (χ1) is 9.25. The second-order valence-corrected chi connectivity index (χ2v) is 4.60. The molecule has 0 aliphatic heterocycles. The van der Waals surface area contributed by atoms with E-state index >= 15 is 0 Å². The van der Waals surface area contributed by atoms with Crippen LogP contribution >= 0.6 is 11.6 Å². The number of fused-ring (bicyclic) bond motifs is 1. The molecule has 1 aromatic heterocycles. The van der Waals surface area contributed by atoms with Crippen molar-refractivity contribution in [2.75, 3.05) is 0 Å². The van der Waals surface area contributed by atoms with Crippen LogP contribution in [-0.4, -0.2) is 4.98 Å². The van der Waals surface area contributed by atoms with Gasteiger partial charge >= 0.3 is 0 Å². The summed E-state index contributed by atoms with van der Waals surface area (Å²) in [4.78, 5) is 2.92. The van der Waals surface area contributed by atoms with Gasteiger partial charge < -0.3 is 9.72 Å². The molecule has 0 radical (unpaired) electrons. The van der Waals surface area contributed by atoms with Gasteiger partial charge in [-0.05, 0) is 18.2 Å². The number of aromatic amines is 1.